The maximum atomic E-state index is 12.8. The molecule has 0 aliphatic heterocycles. The van der Waals surface area contributed by atoms with Gasteiger partial charge < -0.3 is 5.73 Å². The number of carbonyl (C=O) groups excluding carboxylic acids is 1. The van der Waals surface area contributed by atoms with Gasteiger partial charge in [0, 0.05) is 5.56 Å². The van der Waals surface area contributed by atoms with Gasteiger partial charge in [0.15, 0.2) is 5.78 Å². The van der Waals surface area contributed by atoms with Crippen molar-refractivity contribution in [3.8, 4) is 0 Å². The van der Waals surface area contributed by atoms with E-state index >= 15 is 0 Å². The molecule has 0 heterocycles. The minimum absolute atomic E-state index is 0.0377. The third-order valence-electron chi connectivity index (χ3n) is 3.93. The lowest BCUT2D eigenvalue weighted by atomic mass is 9.83. The summed E-state index contributed by atoms with van der Waals surface area (Å²) in [5.74, 6) is -0.0377. The molecule has 2 heteroatoms. The fourth-order valence-corrected chi connectivity index (χ4v) is 2.40. The second-order valence-corrected chi connectivity index (χ2v) is 5.65. The van der Waals surface area contributed by atoms with Crippen LogP contribution in [0.4, 0.5) is 0 Å². The summed E-state index contributed by atoms with van der Waals surface area (Å²) in [4.78, 5) is 12.8. The molecule has 0 amide bonds. The van der Waals surface area contributed by atoms with Crippen LogP contribution in [0.5, 0.6) is 0 Å². The zero-order valence-corrected chi connectivity index (χ0v) is 12.5. The second-order valence-electron chi connectivity index (χ2n) is 5.65. The Balaban J connectivity index is 2.49. The third-order valence-corrected chi connectivity index (χ3v) is 3.93. The standard InChI is InChI=1S/C18H21NO/c1-12-10-14(3)16(11-13(12)2)17(20)18(4,19)15-8-6-5-7-9-15/h5-11H,19H2,1-4H3. The molecule has 0 aliphatic carbocycles. The first kappa shape index (κ1) is 14.5. The van der Waals surface area contributed by atoms with Crippen LogP contribution < -0.4 is 5.73 Å². The number of carbonyl (C=O) groups is 1. The molecule has 0 saturated heterocycles. The van der Waals surface area contributed by atoms with E-state index in [0.717, 1.165) is 16.7 Å². The Morgan fingerprint density at radius 1 is 0.950 bits per heavy atom. The second kappa shape index (κ2) is 5.22. The molecule has 0 aromatic heterocycles. The SMILES string of the molecule is Cc1cc(C)c(C(=O)C(C)(N)c2ccccc2)cc1C. The number of benzene rings is 2. The molecule has 20 heavy (non-hydrogen) atoms. The minimum Gasteiger partial charge on any atom is -0.315 e. The van der Waals surface area contributed by atoms with Crippen LogP contribution in [0.25, 0.3) is 0 Å². The van der Waals surface area contributed by atoms with Crippen LogP contribution in [0.3, 0.4) is 0 Å². The van der Waals surface area contributed by atoms with Crippen LogP contribution >= 0.6 is 0 Å². The van der Waals surface area contributed by atoms with E-state index in [4.69, 9.17) is 5.73 Å². The number of hydrogen-bond acceptors (Lipinski definition) is 2. The predicted molar refractivity (Wildman–Crippen MR) is 83.0 cm³/mol. The van der Waals surface area contributed by atoms with Crippen LogP contribution in [0, 0.1) is 20.8 Å². The van der Waals surface area contributed by atoms with E-state index < -0.39 is 5.54 Å². The van der Waals surface area contributed by atoms with Gasteiger partial charge in [0.2, 0.25) is 0 Å². The van der Waals surface area contributed by atoms with Gasteiger partial charge >= 0.3 is 0 Å². The van der Waals surface area contributed by atoms with Crippen LogP contribution in [0.2, 0.25) is 0 Å². The topological polar surface area (TPSA) is 43.1 Å². The molecule has 104 valence electrons. The van der Waals surface area contributed by atoms with E-state index in [1.54, 1.807) is 6.92 Å². The highest BCUT2D eigenvalue weighted by Gasteiger charge is 2.32. The summed E-state index contributed by atoms with van der Waals surface area (Å²) in [6, 6.07) is 13.5. The highest BCUT2D eigenvalue weighted by Crippen LogP contribution is 2.26. The average molecular weight is 267 g/mol. The molecule has 1 unspecified atom stereocenters. The van der Waals surface area contributed by atoms with E-state index in [0.29, 0.717) is 5.56 Å². The first-order chi connectivity index (χ1) is 9.34. The van der Waals surface area contributed by atoms with Gasteiger partial charge in [0.1, 0.15) is 5.54 Å². The van der Waals surface area contributed by atoms with Gasteiger partial charge in [0.25, 0.3) is 0 Å². The lowest BCUT2D eigenvalue weighted by Gasteiger charge is -2.25. The summed E-state index contributed by atoms with van der Waals surface area (Å²) in [5.41, 5.74) is 10.1. The molecule has 0 aliphatic rings. The summed E-state index contributed by atoms with van der Waals surface area (Å²) < 4.78 is 0. The first-order valence-corrected chi connectivity index (χ1v) is 6.81. The van der Waals surface area contributed by atoms with Gasteiger partial charge in [-0.25, -0.2) is 0 Å². The first-order valence-electron chi connectivity index (χ1n) is 6.81. The van der Waals surface area contributed by atoms with E-state index in [1.165, 1.54) is 5.56 Å². The molecular weight excluding hydrogens is 246 g/mol. The normalized spacial score (nSPS) is 13.8. The van der Waals surface area contributed by atoms with Crippen LogP contribution in [-0.2, 0) is 5.54 Å². The smallest absolute Gasteiger partial charge is 0.187 e. The summed E-state index contributed by atoms with van der Waals surface area (Å²) in [5, 5.41) is 0. The lowest BCUT2D eigenvalue weighted by molar-refractivity contribution is 0.0899. The van der Waals surface area contributed by atoms with Gasteiger partial charge in [-0.15, -0.1) is 0 Å². The lowest BCUT2D eigenvalue weighted by Crippen LogP contribution is -2.42. The molecular formula is C18H21NO. The zero-order valence-electron chi connectivity index (χ0n) is 12.5. The minimum atomic E-state index is -1.01. The average Bonchev–Trinajstić information content (AvgIpc) is 2.43. The molecule has 0 saturated carbocycles. The van der Waals surface area contributed by atoms with Gasteiger partial charge in [-0.2, -0.15) is 0 Å². The Kier molecular flexibility index (Phi) is 3.78. The molecule has 2 N–H and O–H groups in total. The highest BCUT2D eigenvalue weighted by molar-refractivity contribution is 6.04. The largest absolute Gasteiger partial charge is 0.315 e. The monoisotopic (exact) mass is 267 g/mol. The number of hydrogen-bond donors (Lipinski definition) is 1. The van der Waals surface area contributed by atoms with Crippen molar-refractivity contribution < 1.29 is 4.79 Å². The van der Waals surface area contributed by atoms with Crippen molar-refractivity contribution in [1.82, 2.24) is 0 Å². The Morgan fingerprint density at radius 2 is 1.50 bits per heavy atom. The van der Waals surface area contributed by atoms with Crippen molar-refractivity contribution in [3.63, 3.8) is 0 Å². The van der Waals surface area contributed by atoms with Crippen molar-refractivity contribution in [2.75, 3.05) is 0 Å². The number of aryl methyl sites for hydroxylation is 3. The molecule has 1 atom stereocenters. The highest BCUT2D eigenvalue weighted by atomic mass is 16.1. The Morgan fingerprint density at radius 3 is 2.10 bits per heavy atom. The number of Topliss-reactive ketones (excluding diaryl/α,β-unsaturated/α-hetero) is 1. The van der Waals surface area contributed by atoms with Gasteiger partial charge in [-0.05, 0) is 56.0 Å². The van der Waals surface area contributed by atoms with Crippen LogP contribution in [0.1, 0.15) is 39.5 Å². The van der Waals surface area contributed by atoms with E-state index in [-0.39, 0.29) is 5.78 Å². The summed E-state index contributed by atoms with van der Waals surface area (Å²) >= 11 is 0. The molecule has 2 nitrogen and oxygen atoms in total. The molecule has 0 bridgehead atoms. The Hall–Kier alpha value is -1.93. The van der Waals surface area contributed by atoms with Crippen molar-refractivity contribution in [2.24, 2.45) is 5.73 Å². The van der Waals surface area contributed by atoms with Gasteiger partial charge in [0.05, 0.1) is 0 Å². The van der Waals surface area contributed by atoms with E-state index in [1.807, 2.05) is 56.3 Å². The number of ketones is 1. The van der Waals surface area contributed by atoms with Crippen molar-refractivity contribution >= 4 is 5.78 Å². The number of rotatable bonds is 3. The molecule has 0 radical (unpaired) electrons. The van der Waals surface area contributed by atoms with Gasteiger partial charge in [-0.3, -0.25) is 4.79 Å². The fraction of sp³-hybridized carbons (Fsp3) is 0.278. The Bertz CT molecular complexity index is 642. The molecule has 0 fully saturated rings. The fourth-order valence-electron chi connectivity index (χ4n) is 2.40. The van der Waals surface area contributed by atoms with Crippen molar-refractivity contribution in [1.29, 1.82) is 0 Å². The molecule has 2 rings (SSSR count). The van der Waals surface area contributed by atoms with Crippen LogP contribution in [0.15, 0.2) is 42.5 Å². The Labute approximate surface area is 120 Å². The maximum absolute atomic E-state index is 12.8. The quantitative estimate of drug-likeness (QED) is 0.862. The van der Waals surface area contributed by atoms with E-state index in [9.17, 15) is 4.79 Å². The van der Waals surface area contributed by atoms with Gasteiger partial charge in [-0.1, -0.05) is 36.4 Å². The molecule has 2 aromatic carbocycles. The number of nitrogens with two attached hydrogens (primary N) is 1. The van der Waals surface area contributed by atoms with Crippen molar-refractivity contribution in [3.05, 3.63) is 70.3 Å². The predicted octanol–water partition coefficient (Wildman–Crippen LogP) is 3.67. The summed E-state index contributed by atoms with van der Waals surface area (Å²) in [7, 11) is 0. The zero-order chi connectivity index (χ0) is 14.9. The van der Waals surface area contributed by atoms with Crippen molar-refractivity contribution in [2.45, 2.75) is 33.2 Å². The van der Waals surface area contributed by atoms with E-state index in [2.05, 4.69) is 6.92 Å². The summed E-state index contributed by atoms with van der Waals surface area (Å²) in [6.07, 6.45) is 0. The maximum Gasteiger partial charge on any atom is 0.187 e. The van der Waals surface area contributed by atoms with Crippen LogP contribution in [-0.4, -0.2) is 5.78 Å². The molecule has 2 aromatic rings. The third kappa shape index (κ3) is 2.52. The summed E-state index contributed by atoms with van der Waals surface area (Å²) in [6.45, 7) is 7.80. The molecule has 0 spiro atoms.